The molecule has 8 heteroatoms. The van der Waals surface area contributed by atoms with Gasteiger partial charge < -0.3 is 9.80 Å². The molecule has 0 saturated carbocycles. The summed E-state index contributed by atoms with van der Waals surface area (Å²) in [6.45, 7) is 2.93. The van der Waals surface area contributed by atoms with Gasteiger partial charge in [-0.2, -0.15) is 0 Å². The molecule has 0 N–H and O–H groups in total. The van der Waals surface area contributed by atoms with Gasteiger partial charge in [0.25, 0.3) is 5.91 Å². The van der Waals surface area contributed by atoms with E-state index in [1.807, 2.05) is 0 Å². The lowest BCUT2D eigenvalue weighted by molar-refractivity contribution is -0.142. The summed E-state index contributed by atoms with van der Waals surface area (Å²) in [5.41, 5.74) is 0.898. The number of carbonyl (C=O) groups excluding carboxylic acids is 2. The number of hydrogen-bond donors (Lipinski definition) is 0. The monoisotopic (exact) mass is 417 g/mol. The Labute approximate surface area is 172 Å². The van der Waals surface area contributed by atoms with Crippen molar-refractivity contribution in [2.75, 3.05) is 32.7 Å². The Bertz CT molecular complexity index is 951. The molecule has 2 saturated heterocycles. The number of rotatable bonds is 3. The van der Waals surface area contributed by atoms with Crippen LogP contribution in [0.15, 0.2) is 42.5 Å². The fraction of sp³-hybridized carbons (Fsp3) is 0.364. The zero-order chi connectivity index (χ0) is 21.3. The molecule has 1 unspecified atom stereocenters. The molecule has 2 aliphatic heterocycles. The minimum atomic E-state index is -1.07. The number of carbonyl (C=O) groups is 2. The summed E-state index contributed by atoms with van der Waals surface area (Å²) in [5.74, 6) is -2.91. The van der Waals surface area contributed by atoms with Gasteiger partial charge >= 0.3 is 0 Å². The molecule has 5 nitrogen and oxygen atoms in total. The summed E-state index contributed by atoms with van der Waals surface area (Å²) in [6, 6.07) is 8.63. The molecule has 0 bridgehead atoms. The average Bonchev–Trinajstić information content (AvgIpc) is 2.96. The Kier molecular flexibility index (Phi) is 5.76. The van der Waals surface area contributed by atoms with Crippen LogP contribution in [0.2, 0.25) is 0 Å². The first-order valence-electron chi connectivity index (χ1n) is 9.94. The van der Waals surface area contributed by atoms with Crippen molar-refractivity contribution < 1.29 is 22.8 Å². The maximum atomic E-state index is 13.6. The Hall–Kier alpha value is -2.87. The van der Waals surface area contributed by atoms with Gasteiger partial charge in [-0.05, 0) is 42.3 Å². The lowest BCUT2D eigenvalue weighted by Gasteiger charge is -2.40. The normalized spacial score (nSPS) is 20.1. The van der Waals surface area contributed by atoms with Crippen LogP contribution in [0.25, 0.3) is 0 Å². The second kappa shape index (κ2) is 8.47. The second-order valence-electron chi connectivity index (χ2n) is 7.67. The molecule has 158 valence electrons. The molecule has 30 heavy (non-hydrogen) atoms. The van der Waals surface area contributed by atoms with Crippen molar-refractivity contribution in [1.82, 2.24) is 14.7 Å². The fourth-order valence-electron chi connectivity index (χ4n) is 4.07. The maximum Gasteiger partial charge on any atom is 0.254 e. The van der Waals surface area contributed by atoms with Gasteiger partial charge in [0.2, 0.25) is 5.91 Å². The number of amides is 2. The van der Waals surface area contributed by atoms with E-state index in [4.69, 9.17) is 0 Å². The summed E-state index contributed by atoms with van der Waals surface area (Å²) >= 11 is 0. The van der Waals surface area contributed by atoms with Gasteiger partial charge in [0.05, 0.1) is 0 Å². The molecule has 4 rings (SSSR count). The van der Waals surface area contributed by atoms with Crippen molar-refractivity contribution in [3.63, 3.8) is 0 Å². The van der Waals surface area contributed by atoms with Gasteiger partial charge in [-0.15, -0.1) is 0 Å². The van der Waals surface area contributed by atoms with Gasteiger partial charge in [-0.25, -0.2) is 13.2 Å². The Morgan fingerprint density at radius 1 is 0.933 bits per heavy atom. The van der Waals surface area contributed by atoms with Crippen molar-refractivity contribution in [2.24, 2.45) is 0 Å². The van der Waals surface area contributed by atoms with E-state index < -0.39 is 23.6 Å². The summed E-state index contributed by atoms with van der Waals surface area (Å²) in [7, 11) is 0. The predicted molar refractivity (Wildman–Crippen MR) is 104 cm³/mol. The second-order valence-corrected chi connectivity index (χ2v) is 7.67. The van der Waals surface area contributed by atoms with Crippen LogP contribution in [0.4, 0.5) is 13.2 Å². The molecular formula is C22H22F3N3O2. The van der Waals surface area contributed by atoms with E-state index in [0.29, 0.717) is 39.1 Å². The summed E-state index contributed by atoms with van der Waals surface area (Å²) in [4.78, 5) is 31.3. The highest BCUT2D eigenvalue weighted by molar-refractivity contribution is 5.95. The Balaban J connectivity index is 1.49. The van der Waals surface area contributed by atoms with Crippen LogP contribution < -0.4 is 0 Å². The highest BCUT2D eigenvalue weighted by Crippen LogP contribution is 2.21. The van der Waals surface area contributed by atoms with Crippen LogP contribution in [0.5, 0.6) is 0 Å². The number of nitrogens with zero attached hydrogens (tertiary/aromatic N) is 3. The van der Waals surface area contributed by atoms with Crippen LogP contribution in [-0.2, 0) is 11.3 Å². The van der Waals surface area contributed by atoms with Gasteiger partial charge in [0.15, 0.2) is 11.6 Å². The molecular weight excluding hydrogens is 395 g/mol. The van der Waals surface area contributed by atoms with E-state index >= 15 is 0 Å². The van der Waals surface area contributed by atoms with Crippen molar-refractivity contribution in [1.29, 1.82) is 0 Å². The van der Waals surface area contributed by atoms with Crippen LogP contribution in [0.3, 0.4) is 0 Å². The van der Waals surface area contributed by atoms with E-state index in [2.05, 4.69) is 4.90 Å². The number of halogens is 3. The van der Waals surface area contributed by atoms with Crippen molar-refractivity contribution >= 4 is 11.8 Å². The SMILES string of the molecule is O=C(c1ccc(F)c(F)c1)N1CCCN2CCN(Cc3ccc(F)cc3)C(=O)C2C1. The molecule has 2 aromatic carbocycles. The largest absolute Gasteiger partial charge is 0.336 e. The molecule has 1 atom stereocenters. The van der Waals surface area contributed by atoms with E-state index in [1.54, 1.807) is 17.0 Å². The third-order valence-corrected chi connectivity index (χ3v) is 5.70. The average molecular weight is 417 g/mol. The molecule has 2 heterocycles. The van der Waals surface area contributed by atoms with E-state index in [1.165, 1.54) is 23.1 Å². The molecule has 2 amide bonds. The molecule has 0 aliphatic carbocycles. The number of piperazine rings is 1. The smallest absolute Gasteiger partial charge is 0.254 e. The molecule has 0 aromatic heterocycles. The lowest BCUT2D eigenvalue weighted by Crippen LogP contribution is -2.59. The van der Waals surface area contributed by atoms with Crippen LogP contribution in [-0.4, -0.2) is 65.3 Å². The van der Waals surface area contributed by atoms with Crippen LogP contribution in [0, 0.1) is 17.5 Å². The number of hydrogen-bond acceptors (Lipinski definition) is 3. The summed E-state index contributed by atoms with van der Waals surface area (Å²) in [5, 5.41) is 0. The summed E-state index contributed by atoms with van der Waals surface area (Å²) in [6.07, 6.45) is 0.692. The third kappa shape index (κ3) is 4.18. The van der Waals surface area contributed by atoms with Crippen molar-refractivity contribution in [3.8, 4) is 0 Å². The Morgan fingerprint density at radius 3 is 2.43 bits per heavy atom. The standard InChI is InChI=1S/C22H22F3N3O2/c23-17-5-2-15(3-6-17)13-28-11-10-26-8-1-9-27(14-20(26)22(28)30)21(29)16-4-7-18(24)19(25)12-16/h2-7,12,20H,1,8-11,13-14H2. The molecule has 0 radical (unpaired) electrons. The van der Waals surface area contributed by atoms with Crippen molar-refractivity contribution in [2.45, 2.75) is 19.0 Å². The van der Waals surface area contributed by atoms with Gasteiger partial charge in [-0.1, -0.05) is 12.1 Å². The highest BCUT2D eigenvalue weighted by atomic mass is 19.2. The van der Waals surface area contributed by atoms with E-state index in [-0.39, 0.29) is 23.8 Å². The first-order chi connectivity index (χ1) is 14.4. The first kappa shape index (κ1) is 20.4. The topological polar surface area (TPSA) is 43.9 Å². The van der Waals surface area contributed by atoms with Crippen LogP contribution in [0.1, 0.15) is 22.3 Å². The van der Waals surface area contributed by atoms with Crippen molar-refractivity contribution in [3.05, 3.63) is 71.0 Å². The van der Waals surface area contributed by atoms with Gasteiger partial charge in [0, 0.05) is 44.8 Å². The van der Waals surface area contributed by atoms with Gasteiger partial charge in [-0.3, -0.25) is 14.5 Å². The number of fused-ring (bicyclic) bond motifs is 1. The lowest BCUT2D eigenvalue weighted by atomic mass is 10.1. The van der Waals surface area contributed by atoms with Crippen LogP contribution >= 0.6 is 0 Å². The minimum absolute atomic E-state index is 0.0637. The Morgan fingerprint density at radius 2 is 1.70 bits per heavy atom. The molecule has 0 spiro atoms. The van der Waals surface area contributed by atoms with E-state index in [9.17, 15) is 22.8 Å². The maximum absolute atomic E-state index is 13.6. The zero-order valence-corrected chi connectivity index (χ0v) is 16.4. The van der Waals surface area contributed by atoms with E-state index in [0.717, 1.165) is 17.7 Å². The third-order valence-electron chi connectivity index (χ3n) is 5.70. The molecule has 2 aromatic rings. The number of benzene rings is 2. The zero-order valence-electron chi connectivity index (χ0n) is 16.4. The minimum Gasteiger partial charge on any atom is -0.336 e. The van der Waals surface area contributed by atoms with Gasteiger partial charge in [0.1, 0.15) is 11.9 Å². The fourth-order valence-corrected chi connectivity index (χ4v) is 4.07. The molecule has 2 fully saturated rings. The molecule has 2 aliphatic rings. The predicted octanol–water partition coefficient (Wildman–Crippen LogP) is 2.66. The highest BCUT2D eigenvalue weighted by Gasteiger charge is 2.38. The summed E-state index contributed by atoms with van der Waals surface area (Å²) < 4.78 is 39.9. The quantitative estimate of drug-likeness (QED) is 0.772. The first-order valence-corrected chi connectivity index (χ1v) is 9.94.